The van der Waals surface area contributed by atoms with Crippen molar-refractivity contribution in [3.8, 4) is 5.88 Å². The number of hydrogen-bond acceptors (Lipinski definition) is 8. The Morgan fingerprint density at radius 1 is 1.37 bits per heavy atom. The van der Waals surface area contributed by atoms with Crippen molar-refractivity contribution in [2.24, 2.45) is 5.73 Å². The van der Waals surface area contributed by atoms with Gasteiger partial charge in [-0.1, -0.05) is 12.1 Å². The summed E-state index contributed by atoms with van der Waals surface area (Å²) in [4.78, 5) is 18.8. The average Bonchev–Trinajstić information content (AvgIpc) is 2.79. The van der Waals surface area contributed by atoms with Crippen molar-refractivity contribution < 1.29 is 9.53 Å². The average molecular weight is 411 g/mol. The van der Waals surface area contributed by atoms with E-state index in [4.69, 9.17) is 21.3 Å². The molecular weight excluding hydrogens is 380 g/mol. The molecule has 3 heterocycles. The van der Waals surface area contributed by atoms with Crippen LogP contribution in [0.5, 0.6) is 5.88 Å². The molecule has 1 aliphatic rings. The monoisotopic (exact) mass is 410 g/mol. The number of aromatic nitrogens is 2. The third kappa shape index (κ3) is 7.36. The summed E-state index contributed by atoms with van der Waals surface area (Å²) in [7, 11) is 1.55. The van der Waals surface area contributed by atoms with E-state index in [-0.39, 0.29) is 6.04 Å². The zero-order valence-corrected chi connectivity index (χ0v) is 17.4. The summed E-state index contributed by atoms with van der Waals surface area (Å²) in [5.41, 5.74) is 9.31. The van der Waals surface area contributed by atoms with Gasteiger partial charge in [0, 0.05) is 48.9 Å². The molecule has 0 spiro atoms. The standard InChI is InChI=1S/C13H18N4.C9H12N2O2/c14-9-11(15)4-1-5-12-7-6-10-3-2-8-16-13(10)17-12;1-13-9-3-2-7(6-11-9)8(10)4-5-12/h6-7,9,14-15H,1-5,8H2,(H,16,17);2-3,5-6,8H,4,10H2,1H3. The minimum atomic E-state index is -0.268. The van der Waals surface area contributed by atoms with Gasteiger partial charge in [0.2, 0.25) is 5.88 Å². The number of rotatable bonds is 9. The Balaban J connectivity index is 0.000000222. The van der Waals surface area contributed by atoms with Gasteiger partial charge < -0.3 is 31.4 Å². The number of anilines is 1. The van der Waals surface area contributed by atoms with Crippen LogP contribution in [0.3, 0.4) is 0 Å². The van der Waals surface area contributed by atoms with Gasteiger partial charge in [-0.15, -0.1) is 0 Å². The topological polar surface area (TPSA) is 138 Å². The SMILES string of the molecule is COc1ccc(C(N)CC=O)cn1.N=CC(=N)CCCc1ccc2c(n1)NCCC2. The van der Waals surface area contributed by atoms with Crippen LogP contribution in [0.4, 0.5) is 5.82 Å². The maximum Gasteiger partial charge on any atom is 0.212 e. The van der Waals surface area contributed by atoms with E-state index in [1.807, 2.05) is 0 Å². The molecule has 1 atom stereocenters. The normalized spacial score (nSPS) is 13.0. The molecule has 160 valence electrons. The third-order valence-corrected chi connectivity index (χ3v) is 4.75. The van der Waals surface area contributed by atoms with E-state index in [2.05, 4.69) is 27.4 Å². The molecule has 0 radical (unpaired) electrons. The van der Waals surface area contributed by atoms with Crippen LogP contribution in [0.25, 0.3) is 0 Å². The number of methoxy groups -OCH3 is 1. The van der Waals surface area contributed by atoms with Gasteiger partial charge in [-0.2, -0.15) is 0 Å². The Hall–Kier alpha value is -3.13. The first kappa shape index (κ1) is 23.2. The molecule has 8 heteroatoms. The number of carbonyl (C=O) groups excluding carboxylic acids is 1. The number of fused-ring (bicyclic) bond motifs is 1. The van der Waals surface area contributed by atoms with Crippen LogP contribution in [0.1, 0.15) is 48.5 Å². The Labute approximate surface area is 177 Å². The van der Waals surface area contributed by atoms with E-state index in [0.717, 1.165) is 55.4 Å². The van der Waals surface area contributed by atoms with E-state index in [9.17, 15) is 4.79 Å². The highest BCUT2D eigenvalue weighted by Gasteiger charge is 2.10. The minimum Gasteiger partial charge on any atom is -0.481 e. The Bertz CT molecular complexity index is 838. The lowest BCUT2D eigenvalue weighted by molar-refractivity contribution is -0.108. The van der Waals surface area contributed by atoms with Crippen molar-refractivity contribution in [3.63, 3.8) is 0 Å². The number of hydrogen-bond donors (Lipinski definition) is 4. The number of aldehydes is 1. The summed E-state index contributed by atoms with van der Waals surface area (Å²) in [6.45, 7) is 1.02. The van der Waals surface area contributed by atoms with E-state index in [0.29, 0.717) is 24.4 Å². The van der Waals surface area contributed by atoms with Gasteiger partial charge >= 0.3 is 0 Å². The highest BCUT2D eigenvalue weighted by Crippen LogP contribution is 2.20. The van der Waals surface area contributed by atoms with E-state index in [1.165, 1.54) is 12.0 Å². The molecule has 30 heavy (non-hydrogen) atoms. The highest BCUT2D eigenvalue weighted by atomic mass is 16.5. The van der Waals surface area contributed by atoms with Gasteiger partial charge in [-0.3, -0.25) is 0 Å². The smallest absolute Gasteiger partial charge is 0.212 e. The van der Waals surface area contributed by atoms with Gasteiger partial charge in [-0.25, -0.2) is 9.97 Å². The van der Waals surface area contributed by atoms with Crippen LogP contribution in [0.15, 0.2) is 30.5 Å². The van der Waals surface area contributed by atoms with Crippen molar-refractivity contribution in [2.45, 2.75) is 44.6 Å². The third-order valence-electron chi connectivity index (χ3n) is 4.75. The summed E-state index contributed by atoms with van der Waals surface area (Å²) in [6, 6.07) is 7.50. The molecule has 1 unspecified atom stereocenters. The molecular formula is C22H30N6O2. The molecule has 5 N–H and O–H groups in total. The summed E-state index contributed by atoms with van der Waals surface area (Å²) < 4.78 is 4.89. The Morgan fingerprint density at radius 2 is 2.20 bits per heavy atom. The van der Waals surface area contributed by atoms with Crippen LogP contribution in [0, 0.1) is 10.8 Å². The Morgan fingerprint density at radius 3 is 2.87 bits per heavy atom. The predicted octanol–water partition coefficient (Wildman–Crippen LogP) is 3.11. The van der Waals surface area contributed by atoms with Crippen molar-refractivity contribution in [1.29, 1.82) is 10.8 Å². The Kier molecular flexibility index (Phi) is 9.60. The van der Waals surface area contributed by atoms with Crippen molar-refractivity contribution in [2.75, 3.05) is 19.0 Å². The fourth-order valence-electron chi connectivity index (χ4n) is 3.01. The molecule has 8 nitrogen and oxygen atoms in total. The second-order valence-corrected chi connectivity index (χ2v) is 7.01. The van der Waals surface area contributed by atoms with Crippen LogP contribution in [0.2, 0.25) is 0 Å². The second kappa shape index (κ2) is 12.4. The van der Waals surface area contributed by atoms with Crippen LogP contribution < -0.4 is 15.8 Å². The molecule has 2 aromatic heterocycles. The van der Waals surface area contributed by atoms with Crippen molar-refractivity contribution in [1.82, 2.24) is 9.97 Å². The van der Waals surface area contributed by atoms with Crippen molar-refractivity contribution in [3.05, 3.63) is 47.3 Å². The first-order valence-corrected chi connectivity index (χ1v) is 10.1. The molecule has 0 saturated carbocycles. The minimum absolute atomic E-state index is 0.268. The van der Waals surface area contributed by atoms with Crippen LogP contribution in [-0.4, -0.2) is 41.8 Å². The molecule has 1 aliphatic heterocycles. The van der Waals surface area contributed by atoms with E-state index >= 15 is 0 Å². The number of nitrogens with zero attached hydrogens (tertiary/aromatic N) is 2. The molecule has 0 saturated heterocycles. The quantitative estimate of drug-likeness (QED) is 0.370. The first-order chi connectivity index (χ1) is 14.6. The van der Waals surface area contributed by atoms with Crippen LogP contribution >= 0.6 is 0 Å². The predicted molar refractivity (Wildman–Crippen MR) is 119 cm³/mol. The molecule has 0 fully saturated rings. The molecule has 0 amide bonds. The van der Waals surface area contributed by atoms with Gasteiger partial charge in [0.1, 0.15) is 12.1 Å². The zero-order chi connectivity index (χ0) is 21.8. The van der Waals surface area contributed by atoms with Crippen molar-refractivity contribution >= 4 is 24.0 Å². The first-order valence-electron chi connectivity index (χ1n) is 10.1. The van der Waals surface area contributed by atoms with Gasteiger partial charge in [0.15, 0.2) is 0 Å². The summed E-state index contributed by atoms with van der Waals surface area (Å²) in [6.07, 6.45) is 8.58. The lowest BCUT2D eigenvalue weighted by Crippen LogP contribution is -2.14. The second-order valence-electron chi connectivity index (χ2n) is 7.01. The molecule has 3 rings (SSSR count). The number of ether oxygens (including phenoxy) is 1. The molecule has 0 aliphatic carbocycles. The lowest BCUT2D eigenvalue weighted by Gasteiger charge is -2.17. The number of pyridine rings is 2. The van der Waals surface area contributed by atoms with E-state index < -0.39 is 0 Å². The van der Waals surface area contributed by atoms with E-state index in [1.54, 1.807) is 25.4 Å². The lowest BCUT2D eigenvalue weighted by atomic mass is 10.1. The number of nitrogens with two attached hydrogens (primary N) is 1. The number of nitrogens with one attached hydrogen (secondary N) is 3. The zero-order valence-electron chi connectivity index (χ0n) is 17.4. The maximum absolute atomic E-state index is 10.2. The summed E-state index contributed by atoms with van der Waals surface area (Å²) in [5.74, 6) is 1.58. The highest BCUT2D eigenvalue weighted by molar-refractivity contribution is 6.27. The fraction of sp³-hybridized carbons (Fsp3) is 0.409. The van der Waals surface area contributed by atoms with Gasteiger partial charge in [0.05, 0.1) is 7.11 Å². The number of aryl methyl sites for hydroxylation is 2. The van der Waals surface area contributed by atoms with Crippen LogP contribution in [-0.2, 0) is 17.6 Å². The largest absolute Gasteiger partial charge is 0.481 e. The number of carbonyl (C=O) groups is 1. The summed E-state index contributed by atoms with van der Waals surface area (Å²) >= 11 is 0. The molecule has 0 aromatic carbocycles. The fourth-order valence-corrected chi connectivity index (χ4v) is 3.01. The van der Waals surface area contributed by atoms with Gasteiger partial charge in [0.25, 0.3) is 0 Å². The molecule has 2 aromatic rings. The maximum atomic E-state index is 10.2. The molecule has 0 bridgehead atoms. The summed E-state index contributed by atoms with van der Waals surface area (Å²) in [5, 5.41) is 17.6. The van der Waals surface area contributed by atoms with Gasteiger partial charge in [-0.05, 0) is 49.3 Å².